The Balaban J connectivity index is 1.48. The second kappa shape index (κ2) is 8.78. The van der Waals surface area contributed by atoms with E-state index < -0.39 is 35.9 Å². The van der Waals surface area contributed by atoms with Gasteiger partial charge >= 0.3 is 12.2 Å². The summed E-state index contributed by atoms with van der Waals surface area (Å²) < 4.78 is 37.5. The quantitative estimate of drug-likeness (QED) is 0.669. The lowest BCUT2D eigenvalue weighted by atomic mass is 10.2. The average molecular weight is 446 g/mol. The van der Waals surface area contributed by atoms with Crippen molar-refractivity contribution in [2.24, 2.45) is 0 Å². The molecule has 2 heterocycles. The number of urea groups is 1. The van der Waals surface area contributed by atoms with Gasteiger partial charge in [-0.15, -0.1) is 5.10 Å². The predicted octanol–water partition coefficient (Wildman–Crippen LogP) is 2.34. The molecule has 1 fully saturated rings. The summed E-state index contributed by atoms with van der Waals surface area (Å²) in [4.78, 5) is 31.3. The molecule has 1 aliphatic heterocycles. The van der Waals surface area contributed by atoms with E-state index in [2.05, 4.69) is 25.6 Å². The minimum Gasteiger partial charge on any atom is -0.368 e. The zero-order valence-corrected chi connectivity index (χ0v) is 16.6. The number of aromatic amines is 1. The lowest BCUT2D eigenvalue weighted by Gasteiger charge is -2.36. The van der Waals surface area contributed by atoms with Gasteiger partial charge in [0.2, 0.25) is 17.7 Å². The first-order valence-electron chi connectivity index (χ1n) is 9.00. The first kappa shape index (κ1) is 21.7. The van der Waals surface area contributed by atoms with Crippen LogP contribution in [-0.2, 0) is 11.0 Å². The molecule has 3 rings (SSSR count). The van der Waals surface area contributed by atoms with Crippen molar-refractivity contribution >= 4 is 35.2 Å². The SMILES string of the molecule is C[C@H](NC(=O)N1CCN(c2ccc(Cl)cc2)CC1)C(=O)Nc1n[nH]c(C(F)(F)F)n1. The van der Waals surface area contributed by atoms with Crippen LogP contribution in [0.15, 0.2) is 24.3 Å². The predicted molar refractivity (Wildman–Crippen MR) is 103 cm³/mol. The Labute approximate surface area is 174 Å². The van der Waals surface area contributed by atoms with E-state index in [9.17, 15) is 22.8 Å². The normalized spacial score (nSPS) is 15.6. The molecule has 0 bridgehead atoms. The van der Waals surface area contributed by atoms with Crippen molar-refractivity contribution in [2.75, 3.05) is 36.4 Å². The van der Waals surface area contributed by atoms with Gasteiger partial charge in [0.25, 0.3) is 0 Å². The van der Waals surface area contributed by atoms with E-state index in [0.717, 1.165) is 5.69 Å². The van der Waals surface area contributed by atoms with Gasteiger partial charge in [-0.2, -0.15) is 18.2 Å². The van der Waals surface area contributed by atoms with Gasteiger partial charge in [-0.1, -0.05) is 11.6 Å². The summed E-state index contributed by atoms with van der Waals surface area (Å²) in [7, 11) is 0. The summed E-state index contributed by atoms with van der Waals surface area (Å²) in [6.07, 6.45) is -4.70. The van der Waals surface area contributed by atoms with E-state index in [1.807, 2.05) is 12.1 Å². The molecule has 0 aliphatic carbocycles. The third-order valence-electron chi connectivity index (χ3n) is 4.48. The highest BCUT2D eigenvalue weighted by Crippen LogP contribution is 2.26. The van der Waals surface area contributed by atoms with Gasteiger partial charge in [0, 0.05) is 36.9 Å². The lowest BCUT2D eigenvalue weighted by Crippen LogP contribution is -2.54. The number of piperazine rings is 1. The van der Waals surface area contributed by atoms with Crippen LogP contribution in [0.4, 0.5) is 29.6 Å². The highest BCUT2D eigenvalue weighted by Gasteiger charge is 2.35. The monoisotopic (exact) mass is 445 g/mol. The first-order valence-corrected chi connectivity index (χ1v) is 9.37. The molecule has 0 spiro atoms. The molecule has 3 amide bonds. The van der Waals surface area contributed by atoms with Crippen molar-refractivity contribution in [1.29, 1.82) is 0 Å². The topological polar surface area (TPSA) is 106 Å². The number of hydrogen-bond acceptors (Lipinski definition) is 5. The molecule has 30 heavy (non-hydrogen) atoms. The summed E-state index contributed by atoms with van der Waals surface area (Å²) in [6.45, 7) is 3.51. The minimum absolute atomic E-state index is 0.443. The van der Waals surface area contributed by atoms with Crippen molar-refractivity contribution in [3.8, 4) is 0 Å². The number of halogens is 4. The van der Waals surface area contributed by atoms with E-state index in [1.54, 1.807) is 22.1 Å². The first-order chi connectivity index (χ1) is 14.1. The summed E-state index contributed by atoms with van der Waals surface area (Å²) in [6, 6.07) is 5.94. The van der Waals surface area contributed by atoms with Gasteiger partial charge in [-0.25, -0.2) is 4.79 Å². The highest BCUT2D eigenvalue weighted by atomic mass is 35.5. The number of carbonyl (C=O) groups excluding carboxylic acids is 2. The van der Waals surface area contributed by atoms with Gasteiger partial charge in [0.1, 0.15) is 6.04 Å². The third-order valence-corrected chi connectivity index (χ3v) is 4.73. The number of nitrogens with zero attached hydrogens (tertiary/aromatic N) is 4. The average Bonchev–Trinajstić information content (AvgIpc) is 3.17. The number of anilines is 2. The summed E-state index contributed by atoms with van der Waals surface area (Å²) in [5.74, 6) is -2.59. The van der Waals surface area contributed by atoms with Gasteiger partial charge in [0.15, 0.2) is 0 Å². The molecular weight excluding hydrogens is 427 g/mol. The number of carbonyl (C=O) groups is 2. The van der Waals surface area contributed by atoms with Crippen molar-refractivity contribution < 1.29 is 22.8 Å². The second-order valence-electron chi connectivity index (χ2n) is 6.62. The van der Waals surface area contributed by atoms with Crippen LogP contribution in [-0.4, -0.2) is 64.2 Å². The molecule has 1 saturated heterocycles. The number of nitrogens with one attached hydrogen (secondary N) is 3. The fourth-order valence-corrected chi connectivity index (χ4v) is 2.95. The van der Waals surface area contributed by atoms with E-state index in [-0.39, 0.29) is 0 Å². The van der Waals surface area contributed by atoms with Gasteiger partial charge in [0.05, 0.1) is 0 Å². The number of amides is 3. The number of hydrogen-bond donors (Lipinski definition) is 3. The molecule has 9 nitrogen and oxygen atoms in total. The van der Waals surface area contributed by atoms with Crippen LogP contribution >= 0.6 is 11.6 Å². The van der Waals surface area contributed by atoms with Crippen molar-refractivity contribution in [1.82, 2.24) is 25.4 Å². The van der Waals surface area contributed by atoms with Crippen LogP contribution in [0.2, 0.25) is 5.02 Å². The number of aromatic nitrogens is 3. The molecule has 3 N–H and O–H groups in total. The van der Waals surface area contributed by atoms with E-state index >= 15 is 0 Å². The molecule has 1 aromatic heterocycles. The zero-order chi connectivity index (χ0) is 21.9. The van der Waals surface area contributed by atoms with Crippen molar-refractivity contribution in [3.05, 3.63) is 35.1 Å². The molecule has 2 aromatic rings. The zero-order valence-electron chi connectivity index (χ0n) is 15.8. The summed E-state index contributed by atoms with van der Waals surface area (Å²) in [5.41, 5.74) is 0.997. The number of H-pyrrole nitrogens is 1. The maximum absolute atomic E-state index is 12.5. The molecule has 1 aromatic carbocycles. The fourth-order valence-electron chi connectivity index (χ4n) is 2.82. The lowest BCUT2D eigenvalue weighted by molar-refractivity contribution is -0.144. The molecule has 0 radical (unpaired) electrons. The second-order valence-corrected chi connectivity index (χ2v) is 7.05. The standard InChI is InChI=1S/C17H19ClF3N7O2/c1-10(13(29)23-15-24-14(25-26-15)17(19,20)21)22-16(30)28-8-6-27(7-9-28)12-4-2-11(18)3-5-12/h2-5,10H,6-9H2,1H3,(H,22,30)(H2,23,24,25,26,29)/t10-/m0/s1. The van der Waals surface area contributed by atoms with Gasteiger partial charge in [-0.05, 0) is 31.2 Å². The maximum atomic E-state index is 12.5. The molecule has 0 unspecified atom stereocenters. The fraction of sp³-hybridized carbons (Fsp3) is 0.412. The molecule has 1 aliphatic rings. The van der Waals surface area contributed by atoms with E-state index in [0.29, 0.717) is 31.2 Å². The highest BCUT2D eigenvalue weighted by molar-refractivity contribution is 6.30. The van der Waals surface area contributed by atoms with E-state index in [1.165, 1.54) is 6.92 Å². The van der Waals surface area contributed by atoms with Crippen LogP contribution in [0.3, 0.4) is 0 Å². The smallest absolute Gasteiger partial charge is 0.368 e. The summed E-state index contributed by atoms with van der Waals surface area (Å²) >= 11 is 5.89. The van der Waals surface area contributed by atoms with Gasteiger partial charge in [-0.3, -0.25) is 15.2 Å². The van der Waals surface area contributed by atoms with Crippen LogP contribution in [0, 0.1) is 0 Å². The largest absolute Gasteiger partial charge is 0.451 e. The Hall–Kier alpha value is -3.02. The molecule has 162 valence electrons. The number of rotatable bonds is 4. The Morgan fingerprint density at radius 1 is 1.17 bits per heavy atom. The van der Waals surface area contributed by atoms with Crippen LogP contribution in [0.25, 0.3) is 0 Å². The van der Waals surface area contributed by atoms with Crippen LogP contribution in [0.5, 0.6) is 0 Å². The summed E-state index contributed by atoms with van der Waals surface area (Å²) in [5, 5.41) is 10.3. The van der Waals surface area contributed by atoms with Crippen molar-refractivity contribution in [3.63, 3.8) is 0 Å². The van der Waals surface area contributed by atoms with E-state index in [4.69, 9.17) is 11.6 Å². The Bertz CT molecular complexity index is 896. The molecule has 0 saturated carbocycles. The Morgan fingerprint density at radius 2 is 1.80 bits per heavy atom. The van der Waals surface area contributed by atoms with Crippen LogP contribution in [0.1, 0.15) is 12.7 Å². The minimum atomic E-state index is -4.70. The number of alkyl halides is 3. The Kier molecular flexibility index (Phi) is 6.34. The Morgan fingerprint density at radius 3 is 2.37 bits per heavy atom. The van der Waals surface area contributed by atoms with Crippen molar-refractivity contribution in [2.45, 2.75) is 19.1 Å². The molecule has 13 heteroatoms. The van der Waals surface area contributed by atoms with Crippen LogP contribution < -0.4 is 15.5 Å². The molecular formula is C17H19ClF3N7O2. The maximum Gasteiger partial charge on any atom is 0.451 e. The molecule has 1 atom stereocenters. The van der Waals surface area contributed by atoms with Gasteiger partial charge < -0.3 is 15.1 Å². The number of benzene rings is 1. The third kappa shape index (κ3) is 5.32.